The molecule has 0 aliphatic heterocycles. The molecule has 4 rings (SSSR count). The maximum atomic E-state index is 12.5. The lowest BCUT2D eigenvalue weighted by molar-refractivity contribution is 0.532. The lowest BCUT2D eigenvalue weighted by atomic mass is 9.99. The molecule has 1 atom stereocenters. The summed E-state index contributed by atoms with van der Waals surface area (Å²) < 4.78 is 7.42. The largest absolute Gasteiger partial charge is 0.422 e. The first-order valence-corrected chi connectivity index (χ1v) is 7.38. The maximum Gasteiger partial charge on any atom is 0.341 e. The minimum atomic E-state index is -0.328. The topological polar surface area (TPSA) is 48.0 Å². The lowest BCUT2D eigenvalue weighted by Crippen LogP contribution is -2.19. The van der Waals surface area contributed by atoms with Crippen LogP contribution in [0.4, 0.5) is 0 Å². The number of rotatable bonds is 3. The summed E-state index contributed by atoms with van der Waals surface area (Å²) >= 11 is 0. The van der Waals surface area contributed by atoms with E-state index in [0.717, 1.165) is 10.9 Å². The van der Waals surface area contributed by atoms with Gasteiger partial charge in [-0.05, 0) is 17.7 Å². The summed E-state index contributed by atoms with van der Waals surface area (Å²) in [7, 11) is 0. The van der Waals surface area contributed by atoms with Gasteiger partial charge in [0.2, 0.25) is 0 Å². The number of hydrogen-bond donors (Lipinski definition) is 0. The summed E-state index contributed by atoms with van der Waals surface area (Å²) in [5.41, 5.74) is 1.87. The van der Waals surface area contributed by atoms with Crippen molar-refractivity contribution in [1.82, 2.24) is 9.55 Å². The van der Waals surface area contributed by atoms with Gasteiger partial charge < -0.3 is 8.98 Å². The number of fused-ring (bicyclic) bond motifs is 1. The van der Waals surface area contributed by atoms with Crippen LogP contribution in [0.3, 0.4) is 0 Å². The minimum absolute atomic E-state index is 0.264. The molecule has 1 unspecified atom stereocenters. The van der Waals surface area contributed by atoms with Crippen LogP contribution in [0.1, 0.15) is 17.2 Å². The monoisotopic (exact) mass is 302 g/mol. The second kappa shape index (κ2) is 5.57. The molecule has 4 heteroatoms. The zero-order chi connectivity index (χ0) is 15.6. The van der Waals surface area contributed by atoms with E-state index in [2.05, 4.69) is 4.98 Å². The van der Waals surface area contributed by atoms with Crippen molar-refractivity contribution >= 4 is 11.0 Å². The Morgan fingerprint density at radius 1 is 1.00 bits per heavy atom. The van der Waals surface area contributed by atoms with E-state index in [-0.39, 0.29) is 11.7 Å². The van der Waals surface area contributed by atoms with Gasteiger partial charge in [-0.1, -0.05) is 48.5 Å². The van der Waals surface area contributed by atoms with Crippen molar-refractivity contribution in [3.8, 4) is 0 Å². The van der Waals surface area contributed by atoms with Crippen molar-refractivity contribution in [2.24, 2.45) is 0 Å². The molecule has 0 saturated carbocycles. The SMILES string of the molecule is O=c1oc2ccccc2cc1C(c1ccccc1)n1ccnc1. The summed E-state index contributed by atoms with van der Waals surface area (Å²) in [5.74, 6) is 0. The fourth-order valence-corrected chi connectivity index (χ4v) is 2.84. The molecule has 4 nitrogen and oxygen atoms in total. The normalized spacial score (nSPS) is 12.3. The Labute approximate surface area is 132 Å². The zero-order valence-corrected chi connectivity index (χ0v) is 12.3. The summed E-state index contributed by atoms with van der Waals surface area (Å²) in [6, 6.07) is 19.0. The molecule has 2 heterocycles. The predicted octanol–water partition coefficient (Wildman–Crippen LogP) is 3.63. The number of nitrogens with zero attached hydrogens (tertiary/aromatic N) is 2. The van der Waals surface area contributed by atoms with Crippen LogP contribution in [-0.4, -0.2) is 9.55 Å². The molecule has 0 N–H and O–H groups in total. The average molecular weight is 302 g/mol. The first-order valence-electron chi connectivity index (χ1n) is 7.38. The summed E-state index contributed by atoms with van der Waals surface area (Å²) in [6.45, 7) is 0. The van der Waals surface area contributed by atoms with E-state index in [1.165, 1.54) is 0 Å². The van der Waals surface area contributed by atoms with Crippen LogP contribution >= 0.6 is 0 Å². The van der Waals surface area contributed by atoms with Crippen LogP contribution in [0.15, 0.2) is 88.6 Å². The van der Waals surface area contributed by atoms with E-state index < -0.39 is 0 Å². The van der Waals surface area contributed by atoms with Gasteiger partial charge in [-0.15, -0.1) is 0 Å². The standard InChI is InChI=1S/C19H14N2O2/c22-19-16(12-15-8-4-5-9-17(15)23-19)18(21-11-10-20-13-21)14-6-2-1-3-7-14/h1-13,18H. The molecule has 0 saturated heterocycles. The van der Waals surface area contributed by atoms with E-state index in [0.29, 0.717) is 11.1 Å². The van der Waals surface area contributed by atoms with Gasteiger partial charge in [-0.25, -0.2) is 9.78 Å². The second-order valence-electron chi connectivity index (χ2n) is 5.35. The molecule has 112 valence electrons. The number of benzene rings is 2. The van der Waals surface area contributed by atoms with Gasteiger partial charge in [0.15, 0.2) is 0 Å². The quantitative estimate of drug-likeness (QED) is 0.543. The molecular weight excluding hydrogens is 288 g/mol. The maximum absolute atomic E-state index is 12.5. The molecule has 2 aromatic heterocycles. The van der Waals surface area contributed by atoms with Crippen LogP contribution in [0.5, 0.6) is 0 Å². The summed E-state index contributed by atoms with van der Waals surface area (Å²) in [5, 5.41) is 0.906. The molecule has 0 aliphatic carbocycles. The van der Waals surface area contributed by atoms with Crippen molar-refractivity contribution in [2.75, 3.05) is 0 Å². The molecule has 0 radical (unpaired) electrons. The van der Waals surface area contributed by atoms with Gasteiger partial charge in [-0.2, -0.15) is 0 Å². The molecule has 2 aromatic carbocycles. The first-order chi connectivity index (χ1) is 11.3. The molecule has 0 amide bonds. The first kappa shape index (κ1) is 13.5. The Balaban J connectivity index is 1.97. The van der Waals surface area contributed by atoms with Gasteiger partial charge in [0.25, 0.3) is 0 Å². The molecule has 0 aliphatic rings. The van der Waals surface area contributed by atoms with Crippen LogP contribution in [0.25, 0.3) is 11.0 Å². The third-order valence-electron chi connectivity index (χ3n) is 3.90. The second-order valence-corrected chi connectivity index (χ2v) is 5.35. The van der Waals surface area contributed by atoms with Crippen LogP contribution in [0.2, 0.25) is 0 Å². The van der Waals surface area contributed by atoms with E-state index in [1.54, 1.807) is 18.6 Å². The van der Waals surface area contributed by atoms with Crippen LogP contribution in [-0.2, 0) is 0 Å². The van der Waals surface area contributed by atoms with E-state index in [9.17, 15) is 4.79 Å². The fraction of sp³-hybridized carbons (Fsp3) is 0.0526. The van der Waals surface area contributed by atoms with Crippen molar-refractivity contribution in [3.05, 3.63) is 101 Å². The highest BCUT2D eigenvalue weighted by Gasteiger charge is 2.20. The van der Waals surface area contributed by atoms with Gasteiger partial charge in [0.1, 0.15) is 5.58 Å². The van der Waals surface area contributed by atoms with Crippen molar-refractivity contribution in [1.29, 1.82) is 0 Å². The smallest absolute Gasteiger partial charge is 0.341 e. The Hall–Kier alpha value is -3.14. The summed E-state index contributed by atoms with van der Waals surface area (Å²) in [4.78, 5) is 16.7. The number of hydrogen-bond acceptors (Lipinski definition) is 3. The van der Waals surface area contributed by atoms with Gasteiger partial charge in [-0.3, -0.25) is 0 Å². The Bertz CT molecular complexity index is 989. The van der Waals surface area contributed by atoms with Crippen molar-refractivity contribution in [3.63, 3.8) is 0 Å². The molecule has 0 fully saturated rings. The highest BCUT2D eigenvalue weighted by Crippen LogP contribution is 2.26. The Morgan fingerprint density at radius 2 is 1.78 bits per heavy atom. The number of para-hydroxylation sites is 1. The van der Waals surface area contributed by atoms with Crippen LogP contribution < -0.4 is 5.63 Å². The van der Waals surface area contributed by atoms with Crippen molar-refractivity contribution < 1.29 is 4.42 Å². The predicted molar refractivity (Wildman–Crippen MR) is 88.4 cm³/mol. The highest BCUT2D eigenvalue weighted by atomic mass is 16.4. The average Bonchev–Trinajstić information content (AvgIpc) is 3.11. The van der Waals surface area contributed by atoms with E-state index in [4.69, 9.17) is 4.42 Å². The molecular formula is C19H14N2O2. The number of aromatic nitrogens is 2. The molecule has 4 aromatic rings. The highest BCUT2D eigenvalue weighted by molar-refractivity contribution is 5.76. The third kappa shape index (κ3) is 2.44. The van der Waals surface area contributed by atoms with E-state index in [1.807, 2.05) is 65.4 Å². The lowest BCUT2D eigenvalue weighted by Gasteiger charge is -2.18. The Kier molecular flexibility index (Phi) is 3.27. The van der Waals surface area contributed by atoms with Crippen molar-refractivity contribution in [2.45, 2.75) is 6.04 Å². The van der Waals surface area contributed by atoms with E-state index >= 15 is 0 Å². The number of imidazole rings is 1. The van der Waals surface area contributed by atoms with Gasteiger partial charge >= 0.3 is 5.63 Å². The summed E-state index contributed by atoms with van der Waals surface area (Å²) in [6.07, 6.45) is 5.28. The van der Waals surface area contributed by atoms with Crippen LogP contribution in [0, 0.1) is 0 Å². The molecule has 0 bridgehead atoms. The zero-order valence-electron chi connectivity index (χ0n) is 12.3. The third-order valence-corrected chi connectivity index (χ3v) is 3.90. The van der Waals surface area contributed by atoms with Gasteiger partial charge in [0, 0.05) is 17.8 Å². The molecule has 0 spiro atoms. The molecule has 23 heavy (non-hydrogen) atoms. The fourth-order valence-electron chi connectivity index (χ4n) is 2.84. The Morgan fingerprint density at radius 3 is 2.57 bits per heavy atom. The van der Waals surface area contributed by atoms with Gasteiger partial charge in [0.05, 0.1) is 17.9 Å². The minimum Gasteiger partial charge on any atom is -0.422 e.